The van der Waals surface area contributed by atoms with Crippen LogP contribution in [0.25, 0.3) is 16.6 Å². The van der Waals surface area contributed by atoms with E-state index in [1.807, 2.05) is 36.7 Å². The van der Waals surface area contributed by atoms with Crippen molar-refractivity contribution in [3.05, 3.63) is 48.3 Å². The molecule has 3 nitrogen and oxygen atoms in total. The first-order valence-electron chi connectivity index (χ1n) is 4.64. The van der Waals surface area contributed by atoms with Gasteiger partial charge in [-0.05, 0) is 30.3 Å². The molecule has 0 aliphatic heterocycles. The Morgan fingerprint density at radius 3 is 3.07 bits per heavy atom. The summed E-state index contributed by atoms with van der Waals surface area (Å²) < 4.78 is 2.06. The zero-order chi connectivity index (χ0) is 10.3. The third-order valence-electron chi connectivity index (χ3n) is 2.48. The molecule has 0 aliphatic rings. The fourth-order valence-electron chi connectivity index (χ4n) is 1.75. The molecular weight excluding hydrogens is 186 g/mol. The molecule has 0 fully saturated rings. The van der Waals surface area contributed by atoms with E-state index in [1.165, 1.54) is 0 Å². The molecule has 0 amide bonds. The number of benzene rings is 1. The van der Waals surface area contributed by atoms with Gasteiger partial charge in [0.25, 0.3) is 0 Å². The highest BCUT2D eigenvalue weighted by atomic mass is 14.9. The molecule has 2 aromatic heterocycles. The minimum atomic E-state index is 0.640. The second-order valence-corrected chi connectivity index (χ2v) is 3.38. The van der Waals surface area contributed by atoms with Gasteiger partial charge in [0.2, 0.25) is 0 Å². The summed E-state index contributed by atoms with van der Waals surface area (Å²) in [5.41, 5.74) is 3.57. The molecule has 3 heteroatoms. The van der Waals surface area contributed by atoms with Gasteiger partial charge >= 0.3 is 0 Å². The zero-order valence-electron chi connectivity index (χ0n) is 7.88. The number of nitriles is 1. The Kier molecular flexibility index (Phi) is 1.51. The van der Waals surface area contributed by atoms with E-state index in [2.05, 4.69) is 15.5 Å². The van der Waals surface area contributed by atoms with E-state index in [0.717, 1.165) is 16.6 Å². The van der Waals surface area contributed by atoms with Gasteiger partial charge in [0.05, 0.1) is 34.4 Å². The molecule has 2 heterocycles. The van der Waals surface area contributed by atoms with Crippen molar-refractivity contribution < 1.29 is 0 Å². The minimum absolute atomic E-state index is 0.640. The monoisotopic (exact) mass is 193 g/mol. The number of hydrogen-bond acceptors (Lipinski definition) is 2. The molecule has 0 atom stereocenters. The molecule has 0 bridgehead atoms. The maximum atomic E-state index is 8.79. The highest BCUT2D eigenvalue weighted by molar-refractivity contribution is 5.79. The molecule has 3 rings (SSSR count). The van der Waals surface area contributed by atoms with Gasteiger partial charge in [-0.3, -0.25) is 4.98 Å². The van der Waals surface area contributed by atoms with Gasteiger partial charge in [-0.1, -0.05) is 0 Å². The van der Waals surface area contributed by atoms with Gasteiger partial charge in [0.1, 0.15) is 0 Å². The Balaban J connectivity index is 2.50. The van der Waals surface area contributed by atoms with Crippen molar-refractivity contribution in [1.29, 1.82) is 5.26 Å². The van der Waals surface area contributed by atoms with Gasteiger partial charge in [0.15, 0.2) is 0 Å². The van der Waals surface area contributed by atoms with Crippen LogP contribution < -0.4 is 0 Å². The van der Waals surface area contributed by atoms with Crippen LogP contribution in [-0.2, 0) is 0 Å². The lowest BCUT2D eigenvalue weighted by molar-refractivity contribution is 1.23. The van der Waals surface area contributed by atoms with Crippen molar-refractivity contribution in [3.63, 3.8) is 0 Å². The molecule has 0 saturated carbocycles. The number of nitrogens with zero attached hydrogens (tertiary/aromatic N) is 3. The van der Waals surface area contributed by atoms with Crippen LogP contribution in [0.15, 0.2) is 42.7 Å². The van der Waals surface area contributed by atoms with Crippen LogP contribution in [0.1, 0.15) is 5.56 Å². The summed E-state index contributed by atoms with van der Waals surface area (Å²) in [6.45, 7) is 0. The lowest BCUT2D eigenvalue weighted by atomic mass is 10.2. The lowest BCUT2D eigenvalue weighted by Crippen LogP contribution is -1.89. The SMILES string of the molecule is N#Cc1ccc2c(c1)ncc1cccn12. The highest BCUT2D eigenvalue weighted by Crippen LogP contribution is 2.16. The molecular formula is C12H7N3. The van der Waals surface area contributed by atoms with Crippen molar-refractivity contribution in [1.82, 2.24) is 9.38 Å². The standard InChI is InChI=1S/C12H7N3/c13-7-9-3-4-12-11(6-9)14-8-10-2-1-5-15(10)12/h1-6,8H. The zero-order valence-corrected chi connectivity index (χ0v) is 7.88. The summed E-state index contributed by atoms with van der Waals surface area (Å²) in [7, 11) is 0. The van der Waals surface area contributed by atoms with E-state index in [-0.39, 0.29) is 0 Å². The molecule has 0 radical (unpaired) electrons. The van der Waals surface area contributed by atoms with Crippen molar-refractivity contribution in [2.75, 3.05) is 0 Å². The Bertz CT molecular complexity index is 689. The van der Waals surface area contributed by atoms with E-state index in [0.29, 0.717) is 5.56 Å². The summed E-state index contributed by atoms with van der Waals surface area (Å²) in [4.78, 5) is 4.32. The first kappa shape index (κ1) is 8.01. The molecule has 0 spiro atoms. The average molecular weight is 193 g/mol. The van der Waals surface area contributed by atoms with Crippen LogP contribution in [-0.4, -0.2) is 9.38 Å². The molecule has 0 N–H and O–H groups in total. The van der Waals surface area contributed by atoms with Crippen molar-refractivity contribution in [2.24, 2.45) is 0 Å². The topological polar surface area (TPSA) is 41.1 Å². The average Bonchev–Trinajstić information content (AvgIpc) is 2.76. The number of fused-ring (bicyclic) bond motifs is 3. The van der Waals surface area contributed by atoms with Crippen molar-refractivity contribution in [2.45, 2.75) is 0 Å². The van der Waals surface area contributed by atoms with E-state index >= 15 is 0 Å². The second kappa shape index (κ2) is 2.82. The van der Waals surface area contributed by atoms with Crippen molar-refractivity contribution >= 4 is 16.6 Å². The maximum Gasteiger partial charge on any atom is 0.0992 e. The second-order valence-electron chi connectivity index (χ2n) is 3.38. The largest absolute Gasteiger partial charge is 0.314 e. The number of aromatic nitrogens is 2. The van der Waals surface area contributed by atoms with E-state index in [9.17, 15) is 0 Å². The Hall–Kier alpha value is -2.34. The van der Waals surface area contributed by atoms with Crippen molar-refractivity contribution in [3.8, 4) is 6.07 Å². The maximum absolute atomic E-state index is 8.79. The molecule has 0 saturated heterocycles. The van der Waals surface area contributed by atoms with Gasteiger partial charge in [-0.2, -0.15) is 5.26 Å². The summed E-state index contributed by atoms with van der Waals surface area (Å²) in [6.07, 6.45) is 3.80. The van der Waals surface area contributed by atoms with Gasteiger partial charge in [-0.15, -0.1) is 0 Å². The van der Waals surface area contributed by atoms with Crippen LogP contribution in [0, 0.1) is 11.3 Å². The first-order chi connectivity index (χ1) is 7.38. The van der Waals surface area contributed by atoms with Crippen LogP contribution in [0.2, 0.25) is 0 Å². The Labute approximate surface area is 86.2 Å². The van der Waals surface area contributed by atoms with Crippen LogP contribution in [0.4, 0.5) is 0 Å². The molecule has 15 heavy (non-hydrogen) atoms. The molecule has 0 aliphatic carbocycles. The number of hydrogen-bond donors (Lipinski definition) is 0. The van der Waals surface area contributed by atoms with Crippen LogP contribution >= 0.6 is 0 Å². The smallest absolute Gasteiger partial charge is 0.0992 e. The lowest BCUT2D eigenvalue weighted by Gasteiger charge is -2.01. The summed E-state index contributed by atoms with van der Waals surface area (Å²) in [6, 6.07) is 11.6. The molecule has 0 unspecified atom stereocenters. The molecule has 3 aromatic rings. The predicted molar refractivity (Wildman–Crippen MR) is 57.4 cm³/mol. The number of rotatable bonds is 0. The predicted octanol–water partition coefficient (Wildman–Crippen LogP) is 2.36. The van der Waals surface area contributed by atoms with Gasteiger partial charge < -0.3 is 4.40 Å². The summed E-state index contributed by atoms with van der Waals surface area (Å²) in [5, 5.41) is 8.79. The summed E-state index contributed by atoms with van der Waals surface area (Å²) in [5.74, 6) is 0. The fourth-order valence-corrected chi connectivity index (χ4v) is 1.75. The summed E-state index contributed by atoms with van der Waals surface area (Å²) >= 11 is 0. The molecule has 1 aromatic carbocycles. The van der Waals surface area contributed by atoms with E-state index in [1.54, 1.807) is 6.07 Å². The quantitative estimate of drug-likeness (QED) is 0.550. The molecule has 70 valence electrons. The van der Waals surface area contributed by atoms with Crippen LogP contribution in [0.5, 0.6) is 0 Å². The van der Waals surface area contributed by atoms with E-state index in [4.69, 9.17) is 5.26 Å². The third-order valence-corrected chi connectivity index (χ3v) is 2.48. The highest BCUT2D eigenvalue weighted by Gasteiger charge is 2.01. The Morgan fingerprint density at radius 2 is 2.20 bits per heavy atom. The van der Waals surface area contributed by atoms with Gasteiger partial charge in [-0.25, -0.2) is 0 Å². The van der Waals surface area contributed by atoms with E-state index < -0.39 is 0 Å². The Morgan fingerprint density at radius 1 is 1.27 bits per heavy atom. The fraction of sp³-hybridized carbons (Fsp3) is 0. The normalized spacial score (nSPS) is 10.6. The van der Waals surface area contributed by atoms with Crippen LogP contribution in [0.3, 0.4) is 0 Å². The third kappa shape index (κ3) is 1.09. The first-order valence-corrected chi connectivity index (χ1v) is 4.64. The minimum Gasteiger partial charge on any atom is -0.314 e. The van der Waals surface area contributed by atoms with Gasteiger partial charge in [0, 0.05) is 6.20 Å².